The van der Waals surface area contributed by atoms with Crippen LogP contribution in [-0.2, 0) is 0 Å². The summed E-state index contributed by atoms with van der Waals surface area (Å²) in [6.45, 7) is 0.762. The third-order valence-electron chi connectivity index (χ3n) is 3.83. The van der Waals surface area contributed by atoms with Gasteiger partial charge in [0.25, 0.3) is 5.91 Å². The number of ether oxygens (including phenoxy) is 2. The molecule has 118 valence electrons. The minimum absolute atomic E-state index is 0.168. The highest BCUT2D eigenvalue weighted by Crippen LogP contribution is 2.32. The van der Waals surface area contributed by atoms with E-state index in [0.717, 1.165) is 25.1 Å². The summed E-state index contributed by atoms with van der Waals surface area (Å²) in [5.41, 5.74) is 0.547. The second kappa shape index (κ2) is 7.05. The molecule has 0 aromatic heterocycles. The molecular formula is C16H20N2O3S. The number of amidine groups is 1. The molecule has 3 rings (SSSR count). The minimum Gasteiger partial charge on any atom is -0.493 e. The number of amides is 1. The van der Waals surface area contributed by atoms with Gasteiger partial charge >= 0.3 is 0 Å². The molecule has 6 heteroatoms. The van der Waals surface area contributed by atoms with E-state index in [1.165, 1.54) is 12.8 Å². The Balaban J connectivity index is 1.71. The van der Waals surface area contributed by atoms with E-state index in [1.807, 2.05) is 6.07 Å². The number of hydrogen-bond donors (Lipinski definition) is 1. The largest absolute Gasteiger partial charge is 0.493 e. The molecule has 5 nitrogen and oxygen atoms in total. The van der Waals surface area contributed by atoms with Crippen LogP contribution < -0.4 is 14.8 Å². The molecule has 1 fully saturated rings. The highest BCUT2D eigenvalue weighted by molar-refractivity contribution is 8.14. The van der Waals surface area contributed by atoms with Crippen molar-refractivity contribution in [3.8, 4) is 11.5 Å². The average Bonchev–Trinajstić information content (AvgIpc) is 3.21. The fourth-order valence-electron chi connectivity index (χ4n) is 2.67. The Morgan fingerprint density at radius 3 is 2.82 bits per heavy atom. The number of carbonyl (C=O) groups is 1. The SMILES string of the molecule is COc1cc(C(=O)NC2=NCCS2)ccc1OC1CCCC1. The second-order valence-electron chi connectivity index (χ2n) is 5.38. The number of carbonyl (C=O) groups excluding carboxylic acids is 1. The Morgan fingerprint density at radius 2 is 2.14 bits per heavy atom. The lowest BCUT2D eigenvalue weighted by molar-refractivity contribution is 0.0977. The summed E-state index contributed by atoms with van der Waals surface area (Å²) in [6.07, 6.45) is 4.86. The number of nitrogens with zero attached hydrogens (tertiary/aromatic N) is 1. The van der Waals surface area contributed by atoms with Gasteiger partial charge in [-0.3, -0.25) is 9.79 Å². The molecule has 0 bridgehead atoms. The summed E-state index contributed by atoms with van der Waals surface area (Å²) in [6, 6.07) is 5.30. The Bertz CT molecular complexity index is 583. The number of benzene rings is 1. The lowest BCUT2D eigenvalue weighted by Crippen LogP contribution is -2.27. The van der Waals surface area contributed by atoms with Gasteiger partial charge in [0.2, 0.25) is 0 Å². The third kappa shape index (κ3) is 3.55. The monoisotopic (exact) mass is 320 g/mol. The predicted octanol–water partition coefficient (Wildman–Crippen LogP) is 2.85. The van der Waals surface area contributed by atoms with Crippen molar-refractivity contribution in [3.05, 3.63) is 23.8 Å². The van der Waals surface area contributed by atoms with Crippen LogP contribution in [0.15, 0.2) is 23.2 Å². The van der Waals surface area contributed by atoms with Gasteiger partial charge in [0.05, 0.1) is 19.8 Å². The van der Waals surface area contributed by atoms with Gasteiger partial charge in [-0.05, 0) is 43.9 Å². The van der Waals surface area contributed by atoms with E-state index in [1.54, 1.807) is 31.0 Å². The average molecular weight is 320 g/mol. The van der Waals surface area contributed by atoms with Gasteiger partial charge in [-0.15, -0.1) is 0 Å². The van der Waals surface area contributed by atoms with Crippen LogP contribution in [-0.4, -0.2) is 36.6 Å². The fourth-order valence-corrected chi connectivity index (χ4v) is 3.40. The Hall–Kier alpha value is -1.69. The molecule has 1 heterocycles. The molecule has 1 aliphatic carbocycles. The zero-order chi connectivity index (χ0) is 15.4. The van der Waals surface area contributed by atoms with Gasteiger partial charge in [-0.1, -0.05) is 11.8 Å². The van der Waals surface area contributed by atoms with Gasteiger partial charge in [-0.25, -0.2) is 0 Å². The smallest absolute Gasteiger partial charge is 0.257 e. The summed E-state index contributed by atoms with van der Waals surface area (Å²) in [7, 11) is 1.59. The van der Waals surface area contributed by atoms with E-state index in [9.17, 15) is 4.79 Å². The third-order valence-corrected chi connectivity index (χ3v) is 4.72. The van der Waals surface area contributed by atoms with Crippen LogP contribution in [0.1, 0.15) is 36.0 Å². The summed E-state index contributed by atoms with van der Waals surface area (Å²) in [5, 5.41) is 3.51. The molecule has 22 heavy (non-hydrogen) atoms. The number of rotatable bonds is 4. The van der Waals surface area contributed by atoms with Crippen molar-refractivity contribution in [3.63, 3.8) is 0 Å². The molecule has 1 saturated carbocycles. The first-order chi connectivity index (χ1) is 10.8. The first kappa shape index (κ1) is 15.2. The molecule has 0 radical (unpaired) electrons. The molecule has 2 aliphatic rings. The van der Waals surface area contributed by atoms with E-state index in [0.29, 0.717) is 22.2 Å². The Morgan fingerprint density at radius 1 is 1.32 bits per heavy atom. The summed E-state index contributed by atoms with van der Waals surface area (Å²) in [4.78, 5) is 16.4. The van der Waals surface area contributed by atoms with E-state index in [-0.39, 0.29) is 12.0 Å². The second-order valence-corrected chi connectivity index (χ2v) is 6.46. The van der Waals surface area contributed by atoms with Crippen molar-refractivity contribution in [2.24, 2.45) is 4.99 Å². The van der Waals surface area contributed by atoms with Crippen molar-refractivity contribution >= 4 is 22.8 Å². The molecule has 1 aliphatic heterocycles. The van der Waals surface area contributed by atoms with E-state index in [2.05, 4.69) is 10.3 Å². The van der Waals surface area contributed by atoms with Crippen LogP contribution in [0.2, 0.25) is 0 Å². The molecule has 1 amide bonds. The minimum atomic E-state index is -0.168. The molecule has 0 atom stereocenters. The van der Waals surface area contributed by atoms with Crippen molar-refractivity contribution in [1.82, 2.24) is 5.32 Å². The molecule has 1 aromatic carbocycles. The van der Waals surface area contributed by atoms with Gasteiger partial charge in [0.1, 0.15) is 0 Å². The van der Waals surface area contributed by atoms with Crippen LogP contribution in [0.25, 0.3) is 0 Å². The first-order valence-corrected chi connectivity index (χ1v) is 8.58. The lowest BCUT2D eigenvalue weighted by atomic mass is 10.2. The maximum atomic E-state index is 12.2. The Labute approximate surface area is 134 Å². The highest BCUT2D eigenvalue weighted by atomic mass is 32.2. The number of methoxy groups -OCH3 is 1. The van der Waals surface area contributed by atoms with Crippen molar-refractivity contribution in [2.45, 2.75) is 31.8 Å². The van der Waals surface area contributed by atoms with Crippen molar-refractivity contribution in [2.75, 3.05) is 19.4 Å². The number of aliphatic imine (C=N–C) groups is 1. The van der Waals surface area contributed by atoms with Crippen LogP contribution in [0.3, 0.4) is 0 Å². The van der Waals surface area contributed by atoms with Crippen molar-refractivity contribution in [1.29, 1.82) is 0 Å². The van der Waals surface area contributed by atoms with Gasteiger partial charge in [-0.2, -0.15) is 0 Å². The number of thioether (sulfide) groups is 1. The molecule has 0 spiro atoms. The van der Waals surface area contributed by atoms with E-state index in [4.69, 9.17) is 9.47 Å². The summed E-state index contributed by atoms with van der Waals surface area (Å²) in [5.74, 6) is 2.06. The molecule has 1 aromatic rings. The summed E-state index contributed by atoms with van der Waals surface area (Å²) < 4.78 is 11.4. The van der Waals surface area contributed by atoms with Gasteiger partial charge in [0.15, 0.2) is 16.7 Å². The number of hydrogen-bond acceptors (Lipinski definition) is 5. The van der Waals surface area contributed by atoms with E-state index >= 15 is 0 Å². The molecule has 0 unspecified atom stereocenters. The Kier molecular flexibility index (Phi) is 4.87. The fraction of sp³-hybridized carbons (Fsp3) is 0.500. The zero-order valence-electron chi connectivity index (χ0n) is 12.6. The molecule has 1 N–H and O–H groups in total. The van der Waals surface area contributed by atoms with Crippen LogP contribution in [0, 0.1) is 0 Å². The van der Waals surface area contributed by atoms with Crippen LogP contribution >= 0.6 is 11.8 Å². The van der Waals surface area contributed by atoms with E-state index < -0.39 is 0 Å². The van der Waals surface area contributed by atoms with Gasteiger partial charge < -0.3 is 14.8 Å². The van der Waals surface area contributed by atoms with Gasteiger partial charge in [0, 0.05) is 11.3 Å². The maximum absolute atomic E-state index is 12.2. The first-order valence-electron chi connectivity index (χ1n) is 7.59. The lowest BCUT2D eigenvalue weighted by Gasteiger charge is -2.16. The predicted molar refractivity (Wildman–Crippen MR) is 88.1 cm³/mol. The highest BCUT2D eigenvalue weighted by Gasteiger charge is 2.20. The van der Waals surface area contributed by atoms with Crippen LogP contribution in [0.5, 0.6) is 11.5 Å². The normalized spacial score (nSPS) is 18.1. The standard InChI is InChI=1S/C16H20N2O3S/c1-20-14-10-11(15(19)18-16-17-8-9-22-16)6-7-13(14)21-12-4-2-3-5-12/h6-7,10,12H,2-5,8-9H2,1H3,(H,17,18,19). The summed E-state index contributed by atoms with van der Waals surface area (Å²) >= 11 is 1.56. The quantitative estimate of drug-likeness (QED) is 0.927. The topological polar surface area (TPSA) is 59.9 Å². The maximum Gasteiger partial charge on any atom is 0.257 e. The molecular weight excluding hydrogens is 300 g/mol. The zero-order valence-corrected chi connectivity index (χ0v) is 13.4. The van der Waals surface area contributed by atoms with Crippen LogP contribution in [0.4, 0.5) is 0 Å². The molecule has 0 saturated heterocycles. The number of nitrogens with one attached hydrogen (secondary N) is 1. The van der Waals surface area contributed by atoms with Crippen molar-refractivity contribution < 1.29 is 14.3 Å².